The number of hydrogen-bond donors (Lipinski definition) is 1. The lowest BCUT2D eigenvalue weighted by molar-refractivity contribution is -0.384. The maximum Gasteiger partial charge on any atom is 0.325 e. The first-order valence-corrected chi connectivity index (χ1v) is 7.73. The highest BCUT2D eigenvalue weighted by molar-refractivity contribution is 6.07. The number of pyridine rings is 1. The fourth-order valence-corrected chi connectivity index (χ4v) is 2.85. The van der Waals surface area contributed by atoms with Crippen LogP contribution in [-0.2, 0) is 16.9 Å². The highest BCUT2D eigenvalue weighted by Gasteiger charge is 2.49. The molecule has 0 unspecified atom stereocenters. The number of hydrogen-bond acceptors (Lipinski definition) is 6. The summed E-state index contributed by atoms with van der Waals surface area (Å²) >= 11 is 0. The van der Waals surface area contributed by atoms with Crippen molar-refractivity contribution in [2.45, 2.75) is 19.0 Å². The van der Waals surface area contributed by atoms with Crippen LogP contribution in [0.25, 0.3) is 0 Å². The Hall–Kier alpha value is -3.49. The topological polar surface area (TPSA) is 115 Å². The first kappa shape index (κ1) is 17.3. The Morgan fingerprint density at radius 2 is 1.96 bits per heavy atom. The number of benzene rings is 1. The van der Waals surface area contributed by atoms with Gasteiger partial charge in [-0.05, 0) is 30.7 Å². The third kappa shape index (κ3) is 2.83. The summed E-state index contributed by atoms with van der Waals surface area (Å²) in [6.45, 7) is 1.57. The molecule has 1 saturated heterocycles. The van der Waals surface area contributed by atoms with Crippen molar-refractivity contribution in [2.75, 3.05) is 7.11 Å². The molecule has 0 bridgehead atoms. The molecule has 3 amide bonds. The summed E-state index contributed by atoms with van der Waals surface area (Å²) in [5.41, 5.74) is -0.346. The van der Waals surface area contributed by atoms with Crippen LogP contribution < -0.4 is 10.1 Å². The molecule has 9 heteroatoms. The quantitative estimate of drug-likeness (QED) is 0.497. The molecule has 0 spiro atoms. The van der Waals surface area contributed by atoms with Crippen LogP contribution in [0.4, 0.5) is 10.5 Å². The Morgan fingerprint density at radius 3 is 2.58 bits per heavy atom. The van der Waals surface area contributed by atoms with Crippen LogP contribution in [-0.4, -0.2) is 33.9 Å². The summed E-state index contributed by atoms with van der Waals surface area (Å²) in [7, 11) is 1.46. The minimum atomic E-state index is -1.30. The number of nitro groups is 1. The molecule has 2 aromatic rings. The van der Waals surface area contributed by atoms with E-state index in [0.717, 1.165) is 4.90 Å². The predicted molar refractivity (Wildman–Crippen MR) is 90.3 cm³/mol. The Kier molecular flexibility index (Phi) is 4.29. The molecular weight excluding hydrogens is 340 g/mol. The predicted octanol–water partition coefficient (Wildman–Crippen LogP) is 1.97. The van der Waals surface area contributed by atoms with Crippen LogP contribution in [0.15, 0.2) is 42.6 Å². The van der Waals surface area contributed by atoms with Gasteiger partial charge in [0, 0.05) is 23.9 Å². The van der Waals surface area contributed by atoms with Gasteiger partial charge in [0.25, 0.3) is 11.6 Å². The molecule has 0 aliphatic carbocycles. The number of carbonyl (C=O) groups is 2. The Labute approximate surface area is 148 Å². The molecule has 1 aromatic carbocycles. The van der Waals surface area contributed by atoms with E-state index in [-0.39, 0.29) is 12.2 Å². The van der Waals surface area contributed by atoms with Gasteiger partial charge in [-0.25, -0.2) is 9.78 Å². The van der Waals surface area contributed by atoms with Crippen molar-refractivity contribution < 1.29 is 19.2 Å². The Morgan fingerprint density at radius 1 is 1.27 bits per heavy atom. The zero-order valence-corrected chi connectivity index (χ0v) is 14.1. The SMILES string of the molecule is COc1ncccc1CN1C(=O)N[C@](C)(c2ccc([N+](=O)[O-])cc2)C1=O. The lowest BCUT2D eigenvalue weighted by atomic mass is 9.92. The second-order valence-corrected chi connectivity index (χ2v) is 5.92. The van der Waals surface area contributed by atoms with E-state index in [1.165, 1.54) is 31.4 Å². The lowest BCUT2D eigenvalue weighted by Gasteiger charge is -2.22. The van der Waals surface area contributed by atoms with E-state index in [1.807, 2.05) is 0 Å². The molecule has 3 rings (SSSR count). The van der Waals surface area contributed by atoms with Gasteiger partial charge in [-0.3, -0.25) is 19.8 Å². The molecule has 26 heavy (non-hydrogen) atoms. The lowest BCUT2D eigenvalue weighted by Crippen LogP contribution is -2.40. The minimum absolute atomic E-state index is 0.00422. The van der Waals surface area contributed by atoms with E-state index in [1.54, 1.807) is 25.3 Å². The summed E-state index contributed by atoms with van der Waals surface area (Å²) in [6.07, 6.45) is 1.55. The fraction of sp³-hybridized carbons (Fsp3) is 0.235. The average Bonchev–Trinajstić information content (AvgIpc) is 2.86. The number of nitrogens with one attached hydrogen (secondary N) is 1. The molecule has 0 radical (unpaired) electrons. The number of imide groups is 1. The number of ether oxygens (including phenoxy) is 1. The number of amides is 3. The van der Waals surface area contributed by atoms with E-state index in [9.17, 15) is 19.7 Å². The normalized spacial score (nSPS) is 19.4. The van der Waals surface area contributed by atoms with Crippen molar-refractivity contribution in [3.05, 3.63) is 63.8 Å². The molecule has 1 aliphatic rings. The molecule has 1 atom stereocenters. The molecule has 134 valence electrons. The van der Waals surface area contributed by atoms with Crippen molar-refractivity contribution in [1.29, 1.82) is 0 Å². The van der Waals surface area contributed by atoms with Crippen molar-refractivity contribution in [3.63, 3.8) is 0 Å². The summed E-state index contributed by atoms with van der Waals surface area (Å²) in [5, 5.41) is 13.4. The van der Waals surface area contributed by atoms with Crippen molar-refractivity contribution in [3.8, 4) is 5.88 Å². The van der Waals surface area contributed by atoms with Crippen LogP contribution in [0, 0.1) is 10.1 Å². The monoisotopic (exact) mass is 356 g/mol. The van der Waals surface area contributed by atoms with Gasteiger partial charge in [-0.2, -0.15) is 0 Å². The third-order valence-corrected chi connectivity index (χ3v) is 4.30. The number of nitrogens with zero attached hydrogens (tertiary/aromatic N) is 3. The zero-order valence-electron chi connectivity index (χ0n) is 14.1. The Balaban J connectivity index is 1.89. The van der Waals surface area contributed by atoms with Gasteiger partial charge in [-0.15, -0.1) is 0 Å². The van der Waals surface area contributed by atoms with Gasteiger partial charge in [0.05, 0.1) is 18.6 Å². The van der Waals surface area contributed by atoms with Gasteiger partial charge in [-0.1, -0.05) is 6.07 Å². The van der Waals surface area contributed by atoms with E-state index in [2.05, 4.69) is 10.3 Å². The fourth-order valence-electron chi connectivity index (χ4n) is 2.85. The van der Waals surface area contributed by atoms with E-state index >= 15 is 0 Å². The maximum absolute atomic E-state index is 12.9. The molecular formula is C17H16N4O5. The molecule has 2 heterocycles. The summed E-state index contributed by atoms with van der Waals surface area (Å²) in [4.78, 5) is 40.7. The van der Waals surface area contributed by atoms with Gasteiger partial charge >= 0.3 is 6.03 Å². The standard InChI is InChI=1S/C17H16N4O5/c1-17(12-5-7-13(8-6-12)21(24)25)15(22)20(16(23)19-17)10-11-4-3-9-18-14(11)26-2/h3-9H,10H2,1-2H3,(H,19,23)/t17-/m1/s1. The van der Waals surface area contributed by atoms with Crippen LogP contribution in [0.2, 0.25) is 0 Å². The number of nitro benzene ring substituents is 1. The number of urea groups is 1. The van der Waals surface area contributed by atoms with E-state index < -0.39 is 22.4 Å². The average molecular weight is 356 g/mol. The Bertz CT molecular complexity index is 883. The molecule has 1 fully saturated rings. The van der Waals surface area contributed by atoms with Gasteiger partial charge in [0.15, 0.2) is 0 Å². The summed E-state index contributed by atoms with van der Waals surface area (Å²) < 4.78 is 5.15. The third-order valence-electron chi connectivity index (χ3n) is 4.30. The van der Waals surface area contributed by atoms with Crippen molar-refractivity contribution in [1.82, 2.24) is 15.2 Å². The highest BCUT2D eigenvalue weighted by Crippen LogP contribution is 2.31. The summed E-state index contributed by atoms with van der Waals surface area (Å²) in [5.74, 6) is -0.126. The molecule has 1 N–H and O–H groups in total. The van der Waals surface area contributed by atoms with Crippen molar-refractivity contribution in [2.24, 2.45) is 0 Å². The molecule has 1 aromatic heterocycles. The van der Waals surface area contributed by atoms with Crippen molar-refractivity contribution >= 4 is 17.6 Å². The van der Waals surface area contributed by atoms with Crippen LogP contribution in [0.1, 0.15) is 18.1 Å². The maximum atomic E-state index is 12.9. The second kappa shape index (κ2) is 6.43. The smallest absolute Gasteiger partial charge is 0.325 e. The number of aromatic nitrogens is 1. The number of rotatable bonds is 5. The zero-order chi connectivity index (χ0) is 18.9. The number of carbonyl (C=O) groups excluding carboxylic acids is 2. The number of methoxy groups -OCH3 is 1. The molecule has 1 aliphatic heterocycles. The molecule has 0 saturated carbocycles. The summed E-state index contributed by atoms with van der Waals surface area (Å²) in [6, 6.07) is 8.37. The first-order chi connectivity index (χ1) is 12.4. The van der Waals surface area contributed by atoms with Crippen LogP contribution >= 0.6 is 0 Å². The molecule has 9 nitrogen and oxygen atoms in total. The highest BCUT2D eigenvalue weighted by atomic mass is 16.6. The van der Waals surface area contributed by atoms with E-state index in [4.69, 9.17) is 4.74 Å². The largest absolute Gasteiger partial charge is 0.481 e. The second-order valence-electron chi connectivity index (χ2n) is 5.92. The minimum Gasteiger partial charge on any atom is -0.481 e. The first-order valence-electron chi connectivity index (χ1n) is 7.73. The number of non-ortho nitro benzene ring substituents is 1. The van der Waals surface area contributed by atoms with Gasteiger partial charge in [0.2, 0.25) is 5.88 Å². The van der Waals surface area contributed by atoms with Crippen LogP contribution in [0.3, 0.4) is 0 Å². The van der Waals surface area contributed by atoms with Crippen LogP contribution in [0.5, 0.6) is 5.88 Å². The van der Waals surface area contributed by atoms with Gasteiger partial charge in [0.1, 0.15) is 5.54 Å². The van der Waals surface area contributed by atoms with E-state index in [0.29, 0.717) is 17.0 Å². The van der Waals surface area contributed by atoms with Gasteiger partial charge < -0.3 is 10.1 Å².